The second-order valence-corrected chi connectivity index (χ2v) is 4.47. The Morgan fingerprint density at radius 2 is 2.07 bits per heavy atom. The molecular weight excluding hydrogens is 194 g/mol. The highest BCUT2D eigenvalue weighted by Crippen LogP contribution is 2.22. The number of nitrogens with two attached hydrogens (primary N) is 1. The molecule has 0 aliphatic carbocycles. The van der Waals surface area contributed by atoms with Gasteiger partial charge in [0.2, 0.25) is 0 Å². The van der Waals surface area contributed by atoms with Gasteiger partial charge in [0.15, 0.2) is 0 Å². The maximum Gasteiger partial charge on any atom is 0.306 e. The van der Waals surface area contributed by atoms with E-state index in [4.69, 9.17) is 15.6 Å². The number of carboxylic acid groups (broad SMARTS) is 1. The maximum absolute atomic E-state index is 10.9. The molecule has 0 bridgehead atoms. The number of rotatable bonds is 8. The molecule has 0 heterocycles. The molecule has 15 heavy (non-hydrogen) atoms. The van der Waals surface area contributed by atoms with Gasteiger partial charge in [-0.2, -0.15) is 0 Å². The molecule has 90 valence electrons. The SMILES string of the molecule is COC(C)(C)CCC(CCCN)C(=O)O. The largest absolute Gasteiger partial charge is 0.481 e. The highest BCUT2D eigenvalue weighted by atomic mass is 16.5. The first-order valence-corrected chi connectivity index (χ1v) is 5.41. The van der Waals surface area contributed by atoms with Crippen molar-refractivity contribution in [2.24, 2.45) is 11.7 Å². The third-order valence-electron chi connectivity index (χ3n) is 2.75. The molecule has 0 radical (unpaired) electrons. The monoisotopic (exact) mass is 217 g/mol. The highest BCUT2D eigenvalue weighted by molar-refractivity contribution is 5.69. The molecule has 0 rings (SSSR count). The maximum atomic E-state index is 10.9. The predicted octanol–water partition coefficient (Wildman–Crippen LogP) is 1.63. The Balaban J connectivity index is 4.01. The van der Waals surface area contributed by atoms with Crippen molar-refractivity contribution in [3.63, 3.8) is 0 Å². The quantitative estimate of drug-likeness (QED) is 0.648. The van der Waals surface area contributed by atoms with E-state index < -0.39 is 5.97 Å². The summed E-state index contributed by atoms with van der Waals surface area (Å²) < 4.78 is 5.25. The Morgan fingerprint density at radius 3 is 2.47 bits per heavy atom. The molecular formula is C11H23NO3. The normalized spacial score (nSPS) is 13.9. The van der Waals surface area contributed by atoms with Crippen LogP contribution in [0.4, 0.5) is 0 Å². The smallest absolute Gasteiger partial charge is 0.306 e. The summed E-state index contributed by atoms with van der Waals surface area (Å²) >= 11 is 0. The van der Waals surface area contributed by atoms with E-state index in [0.29, 0.717) is 19.4 Å². The zero-order chi connectivity index (χ0) is 11.9. The minimum absolute atomic E-state index is 0.240. The lowest BCUT2D eigenvalue weighted by Crippen LogP contribution is -2.25. The topological polar surface area (TPSA) is 72.5 Å². The van der Waals surface area contributed by atoms with Crippen LogP contribution in [0.25, 0.3) is 0 Å². The van der Waals surface area contributed by atoms with E-state index >= 15 is 0 Å². The van der Waals surface area contributed by atoms with Gasteiger partial charge in [0.05, 0.1) is 11.5 Å². The van der Waals surface area contributed by atoms with E-state index in [1.54, 1.807) is 7.11 Å². The van der Waals surface area contributed by atoms with Crippen molar-refractivity contribution < 1.29 is 14.6 Å². The van der Waals surface area contributed by atoms with Gasteiger partial charge in [-0.1, -0.05) is 0 Å². The van der Waals surface area contributed by atoms with E-state index in [0.717, 1.165) is 12.8 Å². The van der Waals surface area contributed by atoms with Crippen LogP contribution < -0.4 is 5.73 Å². The van der Waals surface area contributed by atoms with Crippen molar-refractivity contribution in [1.82, 2.24) is 0 Å². The van der Waals surface area contributed by atoms with E-state index in [-0.39, 0.29) is 11.5 Å². The van der Waals surface area contributed by atoms with Crippen LogP contribution in [0.3, 0.4) is 0 Å². The number of carboxylic acids is 1. The zero-order valence-electron chi connectivity index (χ0n) is 9.95. The molecule has 1 unspecified atom stereocenters. The van der Waals surface area contributed by atoms with Crippen molar-refractivity contribution in [2.75, 3.05) is 13.7 Å². The van der Waals surface area contributed by atoms with E-state index in [9.17, 15) is 4.79 Å². The standard InChI is InChI=1S/C11H23NO3/c1-11(2,15-3)7-6-9(10(13)14)5-4-8-12/h9H,4-8,12H2,1-3H3,(H,13,14). The average Bonchev–Trinajstić information content (AvgIpc) is 2.17. The third kappa shape index (κ3) is 6.47. The number of hydrogen-bond acceptors (Lipinski definition) is 3. The fourth-order valence-corrected chi connectivity index (χ4v) is 1.38. The molecule has 0 aliphatic rings. The molecule has 0 aromatic carbocycles. The lowest BCUT2D eigenvalue weighted by molar-refractivity contribution is -0.142. The van der Waals surface area contributed by atoms with Gasteiger partial charge in [-0.25, -0.2) is 0 Å². The van der Waals surface area contributed by atoms with Gasteiger partial charge in [-0.05, 0) is 46.1 Å². The van der Waals surface area contributed by atoms with Gasteiger partial charge in [-0.15, -0.1) is 0 Å². The first kappa shape index (κ1) is 14.4. The molecule has 0 aliphatic heterocycles. The minimum atomic E-state index is -0.727. The van der Waals surface area contributed by atoms with E-state index in [2.05, 4.69) is 0 Å². The van der Waals surface area contributed by atoms with Crippen molar-refractivity contribution in [1.29, 1.82) is 0 Å². The number of carbonyl (C=O) groups is 1. The Morgan fingerprint density at radius 1 is 1.47 bits per heavy atom. The fourth-order valence-electron chi connectivity index (χ4n) is 1.38. The molecule has 0 fully saturated rings. The molecule has 0 aromatic rings. The van der Waals surface area contributed by atoms with Gasteiger partial charge in [-0.3, -0.25) is 4.79 Å². The van der Waals surface area contributed by atoms with Crippen molar-refractivity contribution in [3.05, 3.63) is 0 Å². The first-order valence-electron chi connectivity index (χ1n) is 5.41. The molecule has 0 saturated heterocycles. The van der Waals surface area contributed by atoms with Crippen LogP contribution in [0.1, 0.15) is 39.5 Å². The summed E-state index contributed by atoms with van der Waals surface area (Å²) in [6.45, 7) is 4.49. The van der Waals surface area contributed by atoms with Gasteiger partial charge < -0.3 is 15.6 Å². The summed E-state index contributed by atoms with van der Waals surface area (Å²) in [4.78, 5) is 10.9. The molecule has 0 spiro atoms. The van der Waals surface area contributed by atoms with Gasteiger partial charge in [0.1, 0.15) is 0 Å². The lowest BCUT2D eigenvalue weighted by Gasteiger charge is -2.24. The molecule has 1 atom stereocenters. The number of aliphatic carboxylic acids is 1. The Labute approximate surface area is 91.8 Å². The third-order valence-corrected chi connectivity index (χ3v) is 2.75. The average molecular weight is 217 g/mol. The second-order valence-electron chi connectivity index (χ2n) is 4.47. The first-order chi connectivity index (χ1) is 6.93. The van der Waals surface area contributed by atoms with Crippen LogP contribution in [-0.2, 0) is 9.53 Å². The van der Waals surface area contributed by atoms with Crippen molar-refractivity contribution in [2.45, 2.75) is 45.1 Å². The molecule has 0 amide bonds. The predicted molar refractivity (Wildman–Crippen MR) is 59.7 cm³/mol. The Bertz CT molecular complexity index is 192. The van der Waals surface area contributed by atoms with Crippen molar-refractivity contribution >= 4 is 5.97 Å². The van der Waals surface area contributed by atoms with Crippen LogP contribution in [0.5, 0.6) is 0 Å². The summed E-state index contributed by atoms with van der Waals surface area (Å²) in [6, 6.07) is 0. The van der Waals surface area contributed by atoms with Gasteiger partial charge >= 0.3 is 5.97 Å². The van der Waals surface area contributed by atoms with Crippen LogP contribution in [0.2, 0.25) is 0 Å². The number of methoxy groups -OCH3 is 1. The Hall–Kier alpha value is -0.610. The van der Waals surface area contributed by atoms with E-state index in [1.807, 2.05) is 13.8 Å². The van der Waals surface area contributed by atoms with Crippen molar-refractivity contribution in [3.8, 4) is 0 Å². The fraction of sp³-hybridized carbons (Fsp3) is 0.909. The molecule has 0 saturated carbocycles. The van der Waals surface area contributed by atoms with E-state index in [1.165, 1.54) is 0 Å². The zero-order valence-corrected chi connectivity index (χ0v) is 9.95. The lowest BCUT2D eigenvalue weighted by atomic mass is 9.92. The van der Waals surface area contributed by atoms with Crippen LogP contribution >= 0.6 is 0 Å². The summed E-state index contributed by atoms with van der Waals surface area (Å²) in [5.74, 6) is -1.02. The molecule has 4 nitrogen and oxygen atoms in total. The second kappa shape index (κ2) is 6.80. The van der Waals surface area contributed by atoms with Gasteiger partial charge in [0, 0.05) is 7.11 Å². The van der Waals surface area contributed by atoms with Crippen LogP contribution in [0, 0.1) is 5.92 Å². The highest BCUT2D eigenvalue weighted by Gasteiger charge is 2.22. The summed E-state index contributed by atoms with van der Waals surface area (Å²) in [5, 5.41) is 8.99. The number of ether oxygens (including phenoxy) is 1. The van der Waals surface area contributed by atoms with Crippen LogP contribution in [-0.4, -0.2) is 30.3 Å². The number of hydrogen-bond donors (Lipinski definition) is 2. The van der Waals surface area contributed by atoms with Gasteiger partial charge in [0.25, 0.3) is 0 Å². The molecule has 4 heteroatoms. The molecule has 0 aromatic heterocycles. The minimum Gasteiger partial charge on any atom is -0.481 e. The molecule has 3 N–H and O–H groups in total. The summed E-state index contributed by atoms with van der Waals surface area (Å²) in [5.41, 5.74) is 5.13. The summed E-state index contributed by atoms with van der Waals surface area (Å²) in [7, 11) is 1.65. The van der Waals surface area contributed by atoms with Crippen LogP contribution in [0.15, 0.2) is 0 Å². The Kier molecular flexibility index (Phi) is 6.52. The summed E-state index contributed by atoms with van der Waals surface area (Å²) in [6.07, 6.45) is 2.83.